The first-order chi connectivity index (χ1) is 14.3. The first kappa shape index (κ1) is 23.2. The van der Waals surface area contributed by atoms with Crippen molar-refractivity contribution in [3.8, 4) is 0 Å². The molecule has 0 aromatic heterocycles. The third kappa shape index (κ3) is 5.82. The number of rotatable bonds is 6. The summed E-state index contributed by atoms with van der Waals surface area (Å²) in [6.07, 6.45) is 8.75. The maximum absolute atomic E-state index is 13.9. The van der Waals surface area contributed by atoms with E-state index in [0.29, 0.717) is 23.3 Å². The van der Waals surface area contributed by atoms with Crippen LogP contribution in [0.3, 0.4) is 0 Å². The molecule has 2 fully saturated rings. The Kier molecular flexibility index (Phi) is 7.92. The van der Waals surface area contributed by atoms with Crippen molar-refractivity contribution < 1.29 is 26.3 Å². The van der Waals surface area contributed by atoms with Gasteiger partial charge in [0, 0.05) is 0 Å². The van der Waals surface area contributed by atoms with E-state index in [1.807, 2.05) is 6.08 Å². The Morgan fingerprint density at radius 2 is 1.33 bits per heavy atom. The Balaban J connectivity index is 1.49. The average Bonchev–Trinajstić information content (AvgIpc) is 2.70. The molecule has 2 saturated carbocycles. The molecule has 0 nitrogen and oxygen atoms in total. The molecule has 0 saturated heterocycles. The third-order valence-corrected chi connectivity index (χ3v) is 7.15. The standard InChI is InChI=1S/C24H30F6/c25-13-3-1-2-4-16-5-7-17(8-6-16)18-9-11-19(12-10-18)20-14-21(26)23(22(27)15-20)24(28,29)30/h1,3,14-19H,2,4-13H2/b3-1+/t16-,17-,18?,19?. The molecule has 0 N–H and O–H groups in total. The first-order valence-electron chi connectivity index (χ1n) is 11.1. The summed E-state index contributed by atoms with van der Waals surface area (Å²) in [5, 5.41) is 0. The first-order valence-corrected chi connectivity index (χ1v) is 11.1. The molecule has 1 aromatic rings. The molecular weight excluding hydrogens is 402 g/mol. The lowest BCUT2D eigenvalue weighted by atomic mass is 9.68. The van der Waals surface area contributed by atoms with E-state index in [9.17, 15) is 26.3 Å². The molecule has 2 aliphatic carbocycles. The van der Waals surface area contributed by atoms with Gasteiger partial charge in [0.25, 0.3) is 0 Å². The fraction of sp³-hybridized carbons (Fsp3) is 0.667. The number of alkyl halides is 4. The molecule has 168 valence electrons. The monoisotopic (exact) mass is 432 g/mol. The molecule has 30 heavy (non-hydrogen) atoms. The number of hydrogen-bond acceptors (Lipinski definition) is 0. The summed E-state index contributed by atoms with van der Waals surface area (Å²) >= 11 is 0. The molecule has 0 unspecified atom stereocenters. The number of allylic oxidation sites excluding steroid dienone is 2. The Morgan fingerprint density at radius 3 is 1.83 bits per heavy atom. The van der Waals surface area contributed by atoms with Crippen LogP contribution in [0.1, 0.15) is 81.3 Å². The average molecular weight is 432 g/mol. The fourth-order valence-corrected chi connectivity index (χ4v) is 5.48. The van der Waals surface area contributed by atoms with Crippen molar-refractivity contribution in [3.63, 3.8) is 0 Å². The van der Waals surface area contributed by atoms with Crippen LogP contribution in [-0.4, -0.2) is 6.67 Å². The van der Waals surface area contributed by atoms with Gasteiger partial charge >= 0.3 is 6.18 Å². The minimum atomic E-state index is -5.02. The molecular formula is C24H30F6. The van der Waals surface area contributed by atoms with Gasteiger partial charge in [0.1, 0.15) is 23.9 Å². The van der Waals surface area contributed by atoms with E-state index < -0.39 is 30.0 Å². The molecule has 0 bridgehead atoms. The Bertz CT molecular complexity index is 684. The second-order valence-electron chi connectivity index (χ2n) is 8.95. The summed E-state index contributed by atoms with van der Waals surface area (Å²) in [5.41, 5.74) is -1.45. The lowest BCUT2D eigenvalue weighted by Crippen LogP contribution is -2.25. The predicted octanol–water partition coefficient (Wildman–Crippen LogP) is 8.37. The van der Waals surface area contributed by atoms with Crippen molar-refractivity contribution in [2.75, 3.05) is 6.67 Å². The van der Waals surface area contributed by atoms with Crippen molar-refractivity contribution in [1.82, 2.24) is 0 Å². The van der Waals surface area contributed by atoms with Crippen LogP contribution in [0.2, 0.25) is 0 Å². The van der Waals surface area contributed by atoms with Crippen molar-refractivity contribution in [2.45, 2.75) is 76.3 Å². The largest absolute Gasteiger partial charge is 0.422 e. The Hall–Kier alpha value is -1.46. The second kappa shape index (κ2) is 10.2. The molecule has 0 radical (unpaired) electrons. The molecule has 0 spiro atoms. The van der Waals surface area contributed by atoms with Gasteiger partial charge in [-0.25, -0.2) is 13.2 Å². The van der Waals surface area contributed by atoms with Crippen molar-refractivity contribution in [2.24, 2.45) is 17.8 Å². The van der Waals surface area contributed by atoms with E-state index in [0.717, 1.165) is 50.7 Å². The maximum atomic E-state index is 13.9. The fourth-order valence-electron chi connectivity index (χ4n) is 5.48. The number of hydrogen-bond donors (Lipinski definition) is 0. The second-order valence-corrected chi connectivity index (χ2v) is 8.95. The molecule has 0 amide bonds. The molecule has 0 aliphatic heterocycles. The molecule has 1 aromatic carbocycles. The van der Waals surface area contributed by atoms with Crippen LogP contribution in [0.4, 0.5) is 26.3 Å². The van der Waals surface area contributed by atoms with Crippen LogP contribution < -0.4 is 0 Å². The Morgan fingerprint density at radius 1 is 0.800 bits per heavy atom. The third-order valence-electron chi connectivity index (χ3n) is 7.15. The van der Waals surface area contributed by atoms with Crippen LogP contribution in [0.25, 0.3) is 0 Å². The zero-order valence-corrected chi connectivity index (χ0v) is 17.2. The summed E-state index contributed by atoms with van der Waals surface area (Å²) in [7, 11) is 0. The van der Waals surface area contributed by atoms with Gasteiger partial charge in [-0.05, 0) is 92.7 Å². The molecule has 6 heteroatoms. The number of halogens is 6. The highest BCUT2D eigenvalue weighted by Crippen LogP contribution is 2.45. The Labute approximate surface area is 174 Å². The van der Waals surface area contributed by atoms with E-state index in [1.165, 1.54) is 25.7 Å². The topological polar surface area (TPSA) is 0 Å². The van der Waals surface area contributed by atoms with Gasteiger partial charge in [-0.3, -0.25) is 0 Å². The van der Waals surface area contributed by atoms with Crippen LogP contribution in [0, 0.1) is 29.4 Å². The summed E-state index contributed by atoms with van der Waals surface area (Å²) in [4.78, 5) is 0. The van der Waals surface area contributed by atoms with Crippen molar-refractivity contribution in [1.29, 1.82) is 0 Å². The van der Waals surface area contributed by atoms with Gasteiger partial charge in [-0.1, -0.05) is 25.0 Å². The van der Waals surface area contributed by atoms with Gasteiger partial charge in [0.05, 0.1) is 0 Å². The molecule has 0 atom stereocenters. The SMILES string of the molecule is FC/C=C/CC[C@H]1CC[C@H](C2CCC(c3cc(F)c(C(F)(F)F)c(F)c3)CC2)CC1. The van der Waals surface area contributed by atoms with E-state index in [1.54, 1.807) is 6.08 Å². The summed E-state index contributed by atoms with van der Waals surface area (Å²) in [6, 6.07) is 1.75. The normalized spacial score (nSPS) is 28.2. The summed E-state index contributed by atoms with van der Waals surface area (Å²) < 4.78 is 78.2. The van der Waals surface area contributed by atoms with Crippen LogP contribution in [-0.2, 0) is 6.18 Å². The summed E-state index contributed by atoms with van der Waals surface area (Å²) in [5.74, 6) is -1.13. The molecule has 2 aliphatic rings. The van der Waals surface area contributed by atoms with Gasteiger partial charge in [-0.15, -0.1) is 0 Å². The lowest BCUT2D eigenvalue weighted by molar-refractivity contribution is -0.142. The minimum absolute atomic E-state index is 0.0776. The van der Waals surface area contributed by atoms with Gasteiger partial charge in [0.2, 0.25) is 0 Å². The zero-order valence-electron chi connectivity index (χ0n) is 17.2. The highest BCUT2D eigenvalue weighted by atomic mass is 19.4. The van der Waals surface area contributed by atoms with E-state index >= 15 is 0 Å². The van der Waals surface area contributed by atoms with Gasteiger partial charge in [-0.2, -0.15) is 13.2 Å². The molecule has 0 heterocycles. The maximum Gasteiger partial charge on any atom is 0.422 e. The van der Waals surface area contributed by atoms with Crippen LogP contribution >= 0.6 is 0 Å². The minimum Gasteiger partial charge on any atom is -0.247 e. The van der Waals surface area contributed by atoms with Gasteiger partial charge < -0.3 is 0 Å². The van der Waals surface area contributed by atoms with Crippen LogP contribution in [0.5, 0.6) is 0 Å². The summed E-state index contributed by atoms with van der Waals surface area (Å²) in [6.45, 7) is -0.402. The highest BCUT2D eigenvalue weighted by Gasteiger charge is 2.39. The lowest BCUT2D eigenvalue weighted by Gasteiger charge is -2.38. The van der Waals surface area contributed by atoms with Crippen LogP contribution in [0.15, 0.2) is 24.3 Å². The number of benzene rings is 1. The molecule has 3 rings (SSSR count). The smallest absolute Gasteiger partial charge is 0.247 e. The van der Waals surface area contributed by atoms with Gasteiger partial charge in [0.15, 0.2) is 0 Å². The van der Waals surface area contributed by atoms with E-state index in [-0.39, 0.29) is 5.92 Å². The highest BCUT2D eigenvalue weighted by molar-refractivity contribution is 5.30. The van der Waals surface area contributed by atoms with Crippen molar-refractivity contribution >= 4 is 0 Å². The van der Waals surface area contributed by atoms with E-state index in [2.05, 4.69) is 0 Å². The quantitative estimate of drug-likeness (QED) is 0.313. The van der Waals surface area contributed by atoms with Crippen molar-refractivity contribution in [3.05, 3.63) is 47.0 Å². The zero-order chi connectivity index (χ0) is 21.7. The van der Waals surface area contributed by atoms with E-state index in [4.69, 9.17) is 0 Å². The predicted molar refractivity (Wildman–Crippen MR) is 106 cm³/mol.